The molecular weight excluding hydrogens is 264 g/mol. The highest BCUT2D eigenvalue weighted by Crippen LogP contribution is 2.30. The highest BCUT2D eigenvalue weighted by molar-refractivity contribution is 7.10. The number of carboxylic acids is 1. The molecule has 0 radical (unpaired) electrons. The van der Waals surface area contributed by atoms with Crippen LogP contribution in [-0.2, 0) is 4.79 Å². The molecule has 0 aliphatic heterocycles. The van der Waals surface area contributed by atoms with E-state index in [1.807, 2.05) is 12.1 Å². The van der Waals surface area contributed by atoms with E-state index in [1.54, 1.807) is 31.7 Å². The molecule has 0 spiro atoms. The number of hydrogen-bond acceptors (Lipinski definition) is 5. The van der Waals surface area contributed by atoms with Crippen LogP contribution in [-0.4, -0.2) is 23.2 Å². The summed E-state index contributed by atoms with van der Waals surface area (Å²) in [5.41, 5.74) is 3.01. The molecule has 1 unspecified atom stereocenters. The van der Waals surface area contributed by atoms with Crippen molar-refractivity contribution in [1.82, 2.24) is 4.98 Å². The third kappa shape index (κ3) is 2.85. The van der Waals surface area contributed by atoms with Gasteiger partial charge in [-0.2, -0.15) is 0 Å². The Bertz CT molecular complexity index is 583. The fraction of sp³-hybridized carbons (Fsp3) is 0.231. The van der Waals surface area contributed by atoms with Gasteiger partial charge in [0.05, 0.1) is 28.9 Å². The lowest BCUT2D eigenvalue weighted by Gasteiger charge is -2.17. The molecular formula is C13H14N2O3S. The second kappa shape index (κ2) is 5.71. The van der Waals surface area contributed by atoms with Crippen molar-refractivity contribution in [2.24, 2.45) is 0 Å². The van der Waals surface area contributed by atoms with Crippen molar-refractivity contribution >= 4 is 23.0 Å². The standard InChI is InChI=1S/C13H14N2O3S/c1-8-12(19-7-14-8)11(13(16)17)15-9-5-3-4-6-10(9)18-2/h3-7,11,15H,1-2H3,(H,16,17). The number of thiazole rings is 1. The highest BCUT2D eigenvalue weighted by Gasteiger charge is 2.24. The van der Waals surface area contributed by atoms with E-state index >= 15 is 0 Å². The van der Waals surface area contributed by atoms with Crippen LogP contribution in [0.3, 0.4) is 0 Å². The van der Waals surface area contributed by atoms with Gasteiger partial charge in [-0.3, -0.25) is 0 Å². The number of methoxy groups -OCH3 is 1. The number of aryl methyl sites for hydroxylation is 1. The summed E-state index contributed by atoms with van der Waals surface area (Å²) < 4.78 is 5.21. The molecule has 1 heterocycles. The number of carboxylic acid groups (broad SMARTS) is 1. The van der Waals surface area contributed by atoms with Crippen molar-refractivity contribution in [3.8, 4) is 5.75 Å². The second-order valence-corrected chi connectivity index (χ2v) is 4.80. The summed E-state index contributed by atoms with van der Waals surface area (Å²) in [5, 5.41) is 12.4. The molecule has 19 heavy (non-hydrogen) atoms. The number of para-hydroxylation sites is 2. The Morgan fingerprint density at radius 1 is 1.47 bits per heavy atom. The van der Waals surface area contributed by atoms with Gasteiger partial charge in [0.2, 0.25) is 0 Å². The summed E-state index contributed by atoms with van der Waals surface area (Å²) in [6.07, 6.45) is 0. The first-order chi connectivity index (χ1) is 9.13. The number of ether oxygens (including phenoxy) is 1. The van der Waals surface area contributed by atoms with Gasteiger partial charge < -0.3 is 15.2 Å². The third-order valence-corrected chi connectivity index (χ3v) is 3.69. The van der Waals surface area contributed by atoms with Crippen LogP contribution in [0.15, 0.2) is 29.8 Å². The van der Waals surface area contributed by atoms with Gasteiger partial charge in [-0.15, -0.1) is 11.3 Å². The maximum absolute atomic E-state index is 11.4. The van der Waals surface area contributed by atoms with Crippen LogP contribution in [0.4, 0.5) is 5.69 Å². The molecule has 1 atom stereocenters. The number of hydrogen-bond donors (Lipinski definition) is 2. The molecule has 2 aromatic rings. The van der Waals surface area contributed by atoms with Crippen LogP contribution in [0.25, 0.3) is 0 Å². The van der Waals surface area contributed by atoms with Crippen LogP contribution in [0, 0.1) is 6.92 Å². The Morgan fingerprint density at radius 2 is 2.21 bits per heavy atom. The first-order valence-electron chi connectivity index (χ1n) is 5.66. The van der Waals surface area contributed by atoms with Crippen LogP contribution >= 0.6 is 11.3 Å². The lowest BCUT2D eigenvalue weighted by Crippen LogP contribution is -2.20. The Morgan fingerprint density at radius 3 is 2.79 bits per heavy atom. The van der Waals surface area contributed by atoms with Gasteiger partial charge in [-0.1, -0.05) is 12.1 Å². The molecule has 0 fully saturated rings. The van der Waals surface area contributed by atoms with Gasteiger partial charge >= 0.3 is 5.97 Å². The number of rotatable bonds is 5. The van der Waals surface area contributed by atoms with E-state index < -0.39 is 12.0 Å². The topological polar surface area (TPSA) is 71.5 Å². The fourth-order valence-electron chi connectivity index (χ4n) is 1.75. The molecule has 2 N–H and O–H groups in total. The number of nitrogens with one attached hydrogen (secondary N) is 1. The number of nitrogens with zero attached hydrogens (tertiary/aromatic N) is 1. The summed E-state index contributed by atoms with van der Waals surface area (Å²) in [5.74, 6) is -0.339. The van der Waals surface area contributed by atoms with Crippen LogP contribution in [0.1, 0.15) is 16.6 Å². The largest absolute Gasteiger partial charge is 0.495 e. The first kappa shape index (κ1) is 13.4. The number of carbonyl (C=O) groups is 1. The number of anilines is 1. The molecule has 0 saturated carbocycles. The summed E-state index contributed by atoms with van der Waals surface area (Å²) in [6, 6.07) is 6.39. The first-order valence-corrected chi connectivity index (χ1v) is 6.53. The molecule has 100 valence electrons. The van der Waals surface area contributed by atoms with Crippen molar-refractivity contribution in [1.29, 1.82) is 0 Å². The minimum absolute atomic E-state index is 0.607. The zero-order valence-corrected chi connectivity index (χ0v) is 11.4. The minimum atomic E-state index is -0.946. The zero-order valence-electron chi connectivity index (χ0n) is 10.6. The average Bonchev–Trinajstić information content (AvgIpc) is 2.82. The highest BCUT2D eigenvalue weighted by atomic mass is 32.1. The lowest BCUT2D eigenvalue weighted by atomic mass is 10.2. The smallest absolute Gasteiger partial charge is 0.331 e. The second-order valence-electron chi connectivity index (χ2n) is 3.92. The van der Waals surface area contributed by atoms with E-state index in [9.17, 15) is 9.90 Å². The minimum Gasteiger partial charge on any atom is -0.495 e. The molecule has 2 rings (SSSR count). The average molecular weight is 278 g/mol. The molecule has 1 aromatic heterocycles. The predicted molar refractivity (Wildman–Crippen MR) is 73.8 cm³/mol. The van der Waals surface area contributed by atoms with Crippen LogP contribution in [0.5, 0.6) is 5.75 Å². The summed E-state index contributed by atoms with van der Waals surface area (Å²) >= 11 is 1.32. The zero-order chi connectivity index (χ0) is 13.8. The van der Waals surface area contributed by atoms with Gasteiger partial charge in [-0.05, 0) is 19.1 Å². The number of aromatic nitrogens is 1. The molecule has 0 amide bonds. The van der Waals surface area contributed by atoms with Crippen molar-refractivity contribution in [3.05, 3.63) is 40.3 Å². The Balaban J connectivity index is 2.32. The summed E-state index contributed by atoms with van der Waals surface area (Å²) in [7, 11) is 1.55. The van der Waals surface area contributed by atoms with E-state index in [2.05, 4.69) is 10.3 Å². The number of benzene rings is 1. The van der Waals surface area contributed by atoms with E-state index in [1.165, 1.54) is 11.3 Å². The van der Waals surface area contributed by atoms with Crippen molar-refractivity contribution < 1.29 is 14.6 Å². The fourth-order valence-corrected chi connectivity index (χ4v) is 2.59. The predicted octanol–water partition coefficient (Wildman–Crippen LogP) is 2.70. The van der Waals surface area contributed by atoms with E-state index in [-0.39, 0.29) is 0 Å². The van der Waals surface area contributed by atoms with E-state index in [0.29, 0.717) is 16.3 Å². The maximum Gasteiger partial charge on any atom is 0.331 e. The van der Waals surface area contributed by atoms with Gasteiger partial charge in [-0.25, -0.2) is 9.78 Å². The van der Waals surface area contributed by atoms with Gasteiger partial charge in [0, 0.05) is 0 Å². The Kier molecular flexibility index (Phi) is 4.01. The van der Waals surface area contributed by atoms with Crippen LogP contribution in [0.2, 0.25) is 0 Å². The lowest BCUT2D eigenvalue weighted by molar-refractivity contribution is -0.138. The quantitative estimate of drug-likeness (QED) is 0.880. The van der Waals surface area contributed by atoms with Gasteiger partial charge in [0.1, 0.15) is 5.75 Å². The molecule has 0 bridgehead atoms. The van der Waals surface area contributed by atoms with Crippen molar-refractivity contribution in [2.75, 3.05) is 12.4 Å². The number of aliphatic carboxylic acids is 1. The Hall–Kier alpha value is -2.08. The third-order valence-electron chi connectivity index (χ3n) is 2.70. The summed E-state index contributed by atoms with van der Waals surface area (Å²) in [4.78, 5) is 16.2. The SMILES string of the molecule is COc1ccccc1NC(C(=O)O)c1scnc1C. The normalized spacial score (nSPS) is 11.9. The van der Waals surface area contributed by atoms with E-state index in [0.717, 1.165) is 5.69 Å². The van der Waals surface area contributed by atoms with Crippen molar-refractivity contribution in [3.63, 3.8) is 0 Å². The molecule has 5 nitrogen and oxygen atoms in total. The Labute approximate surface area is 114 Å². The molecule has 0 aliphatic rings. The molecule has 0 saturated heterocycles. The molecule has 6 heteroatoms. The molecule has 0 aliphatic carbocycles. The maximum atomic E-state index is 11.4. The van der Waals surface area contributed by atoms with Gasteiger partial charge in [0.15, 0.2) is 6.04 Å². The van der Waals surface area contributed by atoms with Crippen molar-refractivity contribution in [2.45, 2.75) is 13.0 Å². The molecule has 1 aromatic carbocycles. The van der Waals surface area contributed by atoms with Crippen LogP contribution < -0.4 is 10.1 Å². The van der Waals surface area contributed by atoms with Gasteiger partial charge in [0.25, 0.3) is 0 Å². The summed E-state index contributed by atoms with van der Waals surface area (Å²) in [6.45, 7) is 1.80. The monoisotopic (exact) mass is 278 g/mol. The van der Waals surface area contributed by atoms with E-state index in [4.69, 9.17) is 4.74 Å².